The van der Waals surface area contributed by atoms with Gasteiger partial charge in [0.1, 0.15) is 5.75 Å². The highest BCUT2D eigenvalue weighted by Gasteiger charge is 2.30. The summed E-state index contributed by atoms with van der Waals surface area (Å²) in [6.07, 6.45) is 3.23. The molecular weight excluding hydrogens is 487 g/mol. The molecule has 0 amide bonds. The van der Waals surface area contributed by atoms with Gasteiger partial charge in [0.25, 0.3) is 0 Å². The molecule has 2 saturated carbocycles. The summed E-state index contributed by atoms with van der Waals surface area (Å²) in [6, 6.07) is 25.2. The van der Waals surface area contributed by atoms with Crippen LogP contribution in [0.5, 0.6) is 5.75 Å². The monoisotopic (exact) mass is 519 g/mol. The third-order valence-electron chi connectivity index (χ3n) is 7.41. The third-order valence-corrected chi connectivity index (χ3v) is 7.41. The van der Waals surface area contributed by atoms with Gasteiger partial charge in [-0.2, -0.15) is 18.3 Å². The van der Waals surface area contributed by atoms with Crippen LogP contribution in [0.25, 0.3) is 11.4 Å². The van der Waals surface area contributed by atoms with Gasteiger partial charge in [-0.15, -0.1) is 0 Å². The quantitative estimate of drug-likeness (QED) is 0.289. The minimum atomic E-state index is -4.33. The molecule has 38 heavy (non-hydrogen) atoms. The maximum atomic E-state index is 11.8. The van der Waals surface area contributed by atoms with Crippen molar-refractivity contribution in [1.29, 1.82) is 0 Å². The second-order valence-corrected chi connectivity index (χ2v) is 10.3. The zero-order valence-corrected chi connectivity index (χ0v) is 21.2. The van der Waals surface area contributed by atoms with E-state index in [1.54, 1.807) is 0 Å². The molecule has 0 unspecified atom stereocenters. The van der Waals surface area contributed by atoms with Crippen molar-refractivity contribution in [3.05, 3.63) is 102 Å². The molecule has 0 bridgehead atoms. The van der Waals surface area contributed by atoms with Crippen LogP contribution in [-0.2, 0) is 12.7 Å². The average Bonchev–Trinajstić information content (AvgIpc) is 3.66. The molecule has 2 aliphatic rings. The van der Waals surface area contributed by atoms with Crippen molar-refractivity contribution in [3.8, 4) is 17.1 Å². The summed E-state index contributed by atoms with van der Waals surface area (Å²) in [5, 5.41) is 13.6. The number of alkyl halides is 3. The van der Waals surface area contributed by atoms with Crippen LogP contribution in [0.3, 0.4) is 0 Å². The summed E-state index contributed by atoms with van der Waals surface area (Å²) in [6.45, 7) is 1.02. The summed E-state index contributed by atoms with van der Waals surface area (Å²) in [5.74, 6) is 3.97. The van der Waals surface area contributed by atoms with E-state index in [1.807, 2.05) is 0 Å². The molecule has 0 atom stereocenters. The van der Waals surface area contributed by atoms with E-state index < -0.39 is 11.7 Å². The fourth-order valence-electron chi connectivity index (χ4n) is 5.07. The molecule has 2 aliphatic carbocycles. The summed E-state index contributed by atoms with van der Waals surface area (Å²) < 4.78 is 37.7. The Kier molecular flexibility index (Phi) is 7.82. The van der Waals surface area contributed by atoms with Crippen molar-refractivity contribution >= 4 is 0 Å². The molecule has 7 heteroatoms. The Hall–Kier alpha value is -3.61. The number of rotatable bonds is 5. The largest absolute Gasteiger partial charge is 0.508 e. The summed E-state index contributed by atoms with van der Waals surface area (Å²) >= 11 is 0. The predicted octanol–water partition coefficient (Wildman–Crippen LogP) is 8.21. The van der Waals surface area contributed by atoms with Gasteiger partial charge in [-0.05, 0) is 80.2 Å². The van der Waals surface area contributed by atoms with Gasteiger partial charge in [-0.25, -0.2) is 9.67 Å². The number of hydrogen-bond donors (Lipinski definition) is 1. The van der Waals surface area contributed by atoms with Gasteiger partial charge < -0.3 is 5.11 Å². The topological polar surface area (TPSA) is 50.9 Å². The van der Waals surface area contributed by atoms with E-state index >= 15 is 0 Å². The standard InChI is InChI=1S/C24H27N3.C7H5F3O/c1-3-7-19(8-4-1)20-13-15-21(16-14-20)23-25-24(22-9-5-2-6-10-22)27(26-23)17-18-11-12-18;8-7(9,10)5-1-3-6(11)4-2-5/h1-10,18,20-21H,11-17H2;1-4,11H. The van der Waals surface area contributed by atoms with E-state index in [4.69, 9.17) is 15.2 Å². The highest BCUT2D eigenvalue weighted by molar-refractivity contribution is 5.55. The number of aromatic nitrogens is 3. The first-order valence-corrected chi connectivity index (χ1v) is 13.3. The zero-order valence-electron chi connectivity index (χ0n) is 21.2. The van der Waals surface area contributed by atoms with Crippen LogP contribution in [0, 0.1) is 5.92 Å². The Balaban J connectivity index is 0.000000226. The minimum Gasteiger partial charge on any atom is -0.508 e. The van der Waals surface area contributed by atoms with Gasteiger partial charge in [0.15, 0.2) is 11.6 Å². The molecule has 2 fully saturated rings. The van der Waals surface area contributed by atoms with E-state index in [0.29, 0.717) is 11.8 Å². The Morgan fingerprint density at radius 3 is 1.89 bits per heavy atom. The first-order valence-electron chi connectivity index (χ1n) is 13.3. The van der Waals surface area contributed by atoms with Crippen LogP contribution in [-0.4, -0.2) is 19.9 Å². The number of hydrogen-bond acceptors (Lipinski definition) is 3. The summed E-state index contributed by atoms with van der Waals surface area (Å²) in [7, 11) is 0. The molecular formula is C31H32F3N3O. The number of nitrogens with zero attached hydrogens (tertiary/aromatic N) is 3. The molecule has 1 aromatic heterocycles. The van der Waals surface area contributed by atoms with E-state index in [9.17, 15) is 13.2 Å². The maximum absolute atomic E-state index is 11.8. The fourth-order valence-corrected chi connectivity index (χ4v) is 5.07. The third kappa shape index (κ3) is 6.63. The van der Waals surface area contributed by atoms with Crippen LogP contribution >= 0.6 is 0 Å². The van der Waals surface area contributed by atoms with Crippen LogP contribution in [0.2, 0.25) is 0 Å². The van der Waals surface area contributed by atoms with Gasteiger partial charge in [0.05, 0.1) is 5.56 Å². The lowest BCUT2D eigenvalue weighted by atomic mass is 9.78. The number of aromatic hydroxyl groups is 1. The van der Waals surface area contributed by atoms with Crippen LogP contribution in [0.15, 0.2) is 84.9 Å². The van der Waals surface area contributed by atoms with Crippen molar-refractivity contribution in [1.82, 2.24) is 14.8 Å². The van der Waals surface area contributed by atoms with Crippen molar-refractivity contribution in [2.24, 2.45) is 5.92 Å². The van der Waals surface area contributed by atoms with Crippen LogP contribution < -0.4 is 0 Å². The smallest absolute Gasteiger partial charge is 0.416 e. The molecule has 0 spiro atoms. The van der Waals surface area contributed by atoms with E-state index in [1.165, 1.54) is 49.7 Å². The number of halogens is 3. The fraction of sp³-hybridized carbons (Fsp3) is 0.355. The molecule has 1 N–H and O–H groups in total. The number of phenolic OH excluding ortho intramolecular Hbond substituents is 1. The van der Waals surface area contributed by atoms with Crippen molar-refractivity contribution in [2.75, 3.05) is 0 Å². The molecule has 0 aliphatic heterocycles. The van der Waals surface area contributed by atoms with Gasteiger partial charge >= 0.3 is 6.18 Å². The van der Waals surface area contributed by atoms with Crippen LogP contribution in [0.1, 0.15) is 67.3 Å². The summed E-state index contributed by atoms with van der Waals surface area (Å²) in [4.78, 5) is 5.03. The second-order valence-electron chi connectivity index (χ2n) is 10.3. The van der Waals surface area contributed by atoms with E-state index in [0.717, 1.165) is 48.4 Å². The van der Waals surface area contributed by atoms with Crippen molar-refractivity contribution in [3.63, 3.8) is 0 Å². The minimum absolute atomic E-state index is 0.169. The Morgan fingerprint density at radius 2 is 1.32 bits per heavy atom. The van der Waals surface area contributed by atoms with Gasteiger partial charge in [0, 0.05) is 18.0 Å². The lowest BCUT2D eigenvalue weighted by molar-refractivity contribution is -0.137. The molecule has 0 radical (unpaired) electrons. The number of benzene rings is 3. The van der Waals surface area contributed by atoms with Crippen molar-refractivity contribution < 1.29 is 18.3 Å². The van der Waals surface area contributed by atoms with Crippen LogP contribution in [0.4, 0.5) is 13.2 Å². The molecule has 1 heterocycles. The Labute approximate surface area is 221 Å². The lowest BCUT2D eigenvalue weighted by Gasteiger charge is -2.27. The molecule has 6 rings (SSSR count). The molecule has 4 aromatic rings. The van der Waals surface area contributed by atoms with Gasteiger partial charge in [-0.3, -0.25) is 0 Å². The molecule has 4 nitrogen and oxygen atoms in total. The van der Waals surface area contributed by atoms with Gasteiger partial charge in [-0.1, -0.05) is 60.7 Å². The summed E-state index contributed by atoms with van der Waals surface area (Å²) in [5.41, 5.74) is 1.93. The lowest BCUT2D eigenvalue weighted by Crippen LogP contribution is -2.13. The van der Waals surface area contributed by atoms with Crippen molar-refractivity contribution in [2.45, 2.75) is 63.1 Å². The second kappa shape index (κ2) is 11.4. The number of phenols is 1. The first-order chi connectivity index (χ1) is 18.4. The zero-order chi connectivity index (χ0) is 26.5. The predicted molar refractivity (Wildman–Crippen MR) is 142 cm³/mol. The SMILES string of the molecule is Oc1ccc(C(F)(F)F)cc1.c1ccc(-c2nc(C3CCC(c4ccccc4)CC3)nn2CC2CC2)cc1. The maximum Gasteiger partial charge on any atom is 0.416 e. The molecule has 0 saturated heterocycles. The van der Waals surface area contributed by atoms with E-state index in [2.05, 4.69) is 65.3 Å². The average molecular weight is 520 g/mol. The highest BCUT2D eigenvalue weighted by Crippen LogP contribution is 2.40. The Morgan fingerprint density at radius 1 is 0.737 bits per heavy atom. The normalized spacial score (nSPS) is 19.4. The van der Waals surface area contributed by atoms with Gasteiger partial charge in [0.2, 0.25) is 0 Å². The molecule has 3 aromatic carbocycles. The highest BCUT2D eigenvalue weighted by atomic mass is 19.4. The van der Waals surface area contributed by atoms with E-state index in [-0.39, 0.29) is 5.75 Å². The molecule has 198 valence electrons. The first kappa shape index (κ1) is 26.0. The Bertz CT molecular complexity index is 1290.